The Bertz CT molecular complexity index is 578. The number of hydrogen-bond donors (Lipinski definition) is 2. The first kappa shape index (κ1) is 10.3. The summed E-state index contributed by atoms with van der Waals surface area (Å²) in [5.74, 6) is 0. The molecule has 80 valence electrons. The van der Waals surface area contributed by atoms with Crippen LogP contribution >= 0.6 is 11.6 Å². The molecule has 0 saturated carbocycles. The minimum absolute atomic E-state index is 0.471. The van der Waals surface area contributed by atoms with Crippen LogP contribution in [0.5, 0.6) is 0 Å². The monoisotopic (exact) mass is 245 g/mol. The predicted octanol–water partition coefficient (Wildman–Crippen LogP) is 1.50. The zero-order valence-electron chi connectivity index (χ0n) is 7.57. The number of hydrogen-bond acceptors (Lipinski definition) is 3. The third-order valence-electron chi connectivity index (χ3n) is 1.89. The highest BCUT2D eigenvalue weighted by Crippen LogP contribution is 2.22. The number of anilines is 1. The van der Waals surface area contributed by atoms with Gasteiger partial charge in [0.2, 0.25) is 10.0 Å². The van der Waals surface area contributed by atoms with E-state index < -0.39 is 15.2 Å². The van der Waals surface area contributed by atoms with E-state index in [4.69, 9.17) is 11.6 Å². The average Bonchev–Trinajstić information content (AvgIpc) is 2.66. The predicted molar refractivity (Wildman–Crippen MR) is 59.4 cm³/mol. The van der Waals surface area contributed by atoms with Crippen molar-refractivity contribution in [2.24, 2.45) is 0 Å². The van der Waals surface area contributed by atoms with E-state index in [1.165, 1.54) is 0 Å². The molecule has 1 aromatic heterocycles. The molecular weight excluding hydrogens is 238 g/mol. The van der Waals surface area contributed by atoms with Crippen molar-refractivity contribution < 1.29 is 8.42 Å². The fraction of sp³-hybridized carbons (Fsp3) is 0.125. The van der Waals surface area contributed by atoms with Crippen LogP contribution in [0.2, 0.25) is 0 Å². The van der Waals surface area contributed by atoms with Gasteiger partial charge in [-0.3, -0.25) is 9.82 Å². The van der Waals surface area contributed by atoms with Crippen LogP contribution in [0.3, 0.4) is 0 Å². The van der Waals surface area contributed by atoms with Crippen molar-refractivity contribution >= 4 is 38.2 Å². The molecule has 2 rings (SSSR count). The number of H-pyrrole nitrogens is 1. The van der Waals surface area contributed by atoms with Crippen LogP contribution in [-0.2, 0) is 10.0 Å². The number of nitrogens with one attached hydrogen (secondary N) is 2. The second-order valence-corrected chi connectivity index (χ2v) is 5.27. The summed E-state index contributed by atoms with van der Waals surface area (Å²) in [5.41, 5.74) is 1.24. The van der Waals surface area contributed by atoms with Crippen molar-refractivity contribution in [3.8, 4) is 0 Å². The number of sulfonamides is 1. The third-order valence-corrected chi connectivity index (χ3v) is 3.57. The lowest BCUT2D eigenvalue weighted by Gasteiger charge is -2.05. The summed E-state index contributed by atoms with van der Waals surface area (Å²) in [7, 11) is -3.47. The second kappa shape index (κ2) is 3.71. The molecule has 0 spiro atoms. The second-order valence-electron chi connectivity index (χ2n) is 2.96. The summed E-state index contributed by atoms with van der Waals surface area (Å²) >= 11 is 5.29. The summed E-state index contributed by atoms with van der Waals surface area (Å²) in [4.78, 5) is 0. The van der Waals surface area contributed by atoms with Crippen molar-refractivity contribution in [2.45, 2.75) is 0 Å². The molecule has 1 aromatic carbocycles. The van der Waals surface area contributed by atoms with Crippen LogP contribution in [0.1, 0.15) is 0 Å². The zero-order chi connectivity index (χ0) is 10.9. The van der Waals surface area contributed by atoms with E-state index >= 15 is 0 Å². The Morgan fingerprint density at radius 3 is 3.00 bits per heavy atom. The molecule has 0 unspecified atom stereocenters. The molecule has 2 aromatic rings. The molecule has 15 heavy (non-hydrogen) atoms. The van der Waals surface area contributed by atoms with Crippen LogP contribution in [-0.4, -0.2) is 23.8 Å². The van der Waals surface area contributed by atoms with Gasteiger partial charge in [-0.05, 0) is 12.1 Å². The lowest BCUT2D eigenvalue weighted by Crippen LogP contribution is -2.13. The minimum Gasteiger partial charge on any atom is -0.282 e. The van der Waals surface area contributed by atoms with Crippen LogP contribution < -0.4 is 4.72 Å². The molecule has 0 aliphatic heterocycles. The first-order valence-electron chi connectivity index (χ1n) is 4.11. The van der Waals surface area contributed by atoms with Gasteiger partial charge in [0.15, 0.2) is 0 Å². The quantitative estimate of drug-likeness (QED) is 0.805. The maximum atomic E-state index is 11.3. The summed E-state index contributed by atoms with van der Waals surface area (Å²) in [5, 5.41) is 6.81. The van der Waals surface area contributed by atoms with E-state index in [-0.39, 0.29) is 0 Å². The summed E-state index contributed by atoms with van der Waals surface area (Å²) in [6.45, 7) is 0. The maximum Gasteiger partial charge on any atom is 0.246 e. The van der Waals surface area contributed by atoms with Gasteiger partial charge in [-0.25, -0.2) is 8.42 Å². The van der Waals surface area contributed by atoms with Crippen molar-refractivity contribution in [2.75, 3.05) is 9.93 Å². The molecular formula is C8H8ClN3O2S. The molecule has 0 amide bonds. The highest BCUT2D eigenvalue weighted by Gasteiger charge is 2.10. The van der Waals surface area contributed by atoms with Crippen LogP contribution in [0, 0.1) is 0 Å². The third kappa shape index (κ3) is 2.05. The number of alkyl halides is 1. The van der Waals surface area contributed by atoms with Crippen LogP contribution in [0.25, 0.3) is 10.9 Å². The van der Waals surface area contributed by atoms with Crippen molar-refractivity contribution in [1.82, 2.24) is 10.2 Å². The molecule has 0 fully saturated rings. The fourth-order valence-corrected chi connectivity index (χ4v) is 1.98. The van der Waals surface area contributed by atoms with E-state index in [1.54, 1.807) is 24.4 Å². The molecule has 0 bridgehead atoms. The van der Waals surface area contributed by atoms with E-state index in [2.05, 4.69) is 14.9 Å². The normalized spacial score (nSPS) is 11.8. The van der Waals surface area contributed by atoms with Gasteiger partial charge in [-0.1, -0.05) is 6.07 Å². The lowest BCUT2D eigenvalue weighted by atomic mass is 10.2. The minimum atomic E-state index is -3.47. The number of halogens is 1. The molecule has 0 aliphatic carbocycles. The number of aromatic amines is 1. The molecule has 0 atom stereocenters. The van der Waals surface area contributed by atoms with Gasteiger partial charge in [-0.15, -0.1) is 11.6 Å². The van der Waals surface area contributed by atoms with Gasteiger partial charge in [0, 0.05) is 5.39 Å². The smallest absolute Gasteiger partial charge is 0.246 e. The van der Waals surface area contributed by atoms with Crippen molar-refractivity contribution in [3.05, 3.63) is 24.4 Å². The molecule has 0 saturated heterocycles. The zero-order valence-corrected chi connectivity index (χ0v) is 9.14. The number of aromatic nitrogens is 2. The Hall–Kier alpha value is -1.27. The summed E-state index contributed by atoms with van der Waals surface area (Å²) in [6, 6.07) is 5.19. The van der Waals surface area contributed by atoms with Gasteiger partial charge in [-0.2, -0.15) is 5.10 Å². The molecule has 7 heteroatoms. The first-order chi connectivity index (χ1) is 7.12. The maximum absolute atomic E-state index is 11.3. The first-order valence-corrected chi connectivity index (χ1v) is 6.29. The van der Waals surface area contributed by atoms with E-state index in [0.717, 1.165) is 5.52 Å². The van der Waals surface area contributed by atoms with Crippen LogP contribution in [0.4, 0.5) is 5.69 Å². The molecule has 2 N–H and O–H groups in total. The summed E-state index contributed by atoms with van der Waals surface area (Å²) < 4.78 is 24.9. The highest BCUT2D eigenvalue weighted by atomic mass is 35.5. The molecule has 0 aliphatic rings. The lowest BCUT2D eigenvalue weighted by molar-refractivity contribution is 0.605. The number of benzene rings is 1. The van der Waals surface area contributed by atoms with Crippen LogP contribution in [0.15, 0.2) is 24.4 Å². The SMILES string of the molecule is O=S(=O)(CCl)Nc1cccc2[nH]ncc12. The van der Waals surface area contributed by atoms with Gasteiger partial charge in [0.1, 0.15) is 5.21 Å². The van der Waals surface area contributed by atoms with E-state index in [0.29, 0.717) is 11.1 Å². The van der Waals surface area contributed by atoms with E-state index in [1.807, 2.05) is 0 Å². The van der Waals surface area contributed by atoms with Gasteiger partial charge >= 0.3 is 0 Å². The molecule has 5 nitrogen and oxygen atoms in total. The van der Waals surface area contributed by atoms with Crippen molar-refractivity contribution in [1.29, 1.82) is 0 Å². The van der Waals surface area contributed by atoms with Gasteiger partial charge < -0.3 is 0 Å². The fourth-order valence-electron chi connectivity index (χ4n) is 1.25. The standard InChI is InChI=1S/C8H8ClN3O2S/c9-5-15(13,14)12-8-3-1-2-7-6(8)4-10-11-7/h1-4,12H,5H2,(H,10,11). The van der Waals surface area contributed by atoms with Gasteiger partial charge in [0.05, 0.1) is 17.4 Å². The highest BCUT2D eigenvalue weighted by molar-refractivity contribution is 7.93. The van der Waals surface area contributed by atoms with E-state index in [9.17, 15) is 8.42 Å². The Balaban J connectivity index is 2.48. The largest absolute Gasteiger partial charge is 0.282 e. The number of fused-ring (bicyclic) bond motifs is 1. The Morgan fingerprint density at radius 2 is 2.27 bits per heavy atom. The van der Waals surface area contributed by atoms with Crippen molar-refractivity contribution in [3.63, 3.8) is 0 Å². The Morgan fingerprint density at radius 1 is 1.47 bits per heavy atom. The average molecular weight is 246 g/mol. The topological polar surface area (TPSA) is 74.8 Å². The van der Waals surface area contributed by atoms with Gasteiger partial charge in [0.25, 0.3) is 0 Å². The Labute approximate surface area is 91.5 Å². The molecule has 1 heterocycles. The Kier molecular flexibility index (Phi) is 2.54. The number of rotatable bonds is 3. The summed E-state index contributed by atoms with van der Waals surface area (Å²) in [6.07, 6.45) is 1.56. The number of nitrogens with zero attached hydrogens (tertiary/aromatic N) is 1. The molecule has 0 radical (unpaired) electrons.